The fourth-order valence-corrected chi connectivity index (χ4v) is 1.88. The van der Waals surface area contributed by atoms with Gasteiger partial charge in [0.1, 0.15) is 11.5 Å². The summed E-state index contributed by atoms with van der Waals surface area (Å²) in [5.41, 5.74) is 2.21. The van der Waals surface area contributed by atoms with Crippen LogP contribution in [0.2, 0.25) is 0 Å². The lowest BCUT2D eigenvalue weighted by Crippen LogP contribution is -2.02. The highest BCUT2D eigenvalue weighted by molar-refractivity contribution is 5.49. The van der Waals surface area contributed by atoms with E-state index < -0.39 is 0 Å². The second-order valence-corrected chi connectivity index (χ2v) is 3.88. The Labute approximate surface area is 89.6 Å². The predicted molar refractivity (Wildman–Crippen MR) is 57.7 cm³/mol. The van der Waals surface area contributed by atoms with Gasteiger partial charge < -0.3 is 14.6 Å². The molecule has 1 atom stereocenters. The van der Waals surface area contributed by atoms with Crippen molar-refractivity contribution < 1.29 is 14.6 Å². The van der Waals surface area contributed by atoms with E-state index in [0.29, 0.717) is 0 Å². The second kappa shape index (κ2) is 4.11. The molecule has 0 radical (unpaired) electrons. The van der Waals surface area contributed by atoms with Crippen molar-refractivity contribution in [2.24, 2.45) is 0 Å². The average Bonchev–Trinajstić information content (AvgIpc) is 2.73. The van der Waals surface area contributed by atoms with Gasteiger partial charge in [0.15, 0.2) is 0 Å². The third-order valence-corrected chi connectivity index (χ3v) is 2.85. The quantitative estimate of drug-likeness (QED) is 0.822. The van der Waals surface area contributed by atoms with E-state index in [2.05, 4.69) is 0 Å². The number of benzene rings is 1. The van der Waals surface area contributed by atoms with Gasteiger partial charge in [0.2, 0.25) is 0 Å². The third-order valence-electron chi connectivity index (χ3n) is 2.85. The summed E-state index contributed by atoms with van der Waals surface area (Å²) in [6, 6.07) is 4.01. The standard InChI is InChI=1S/C12H16O3/c1-8(7-13)10-6-11-9(3-4-15-11)5-12(10)14-2/h5-6,8,13H,3-4,7H2,1-2H3. The molecule has 0 saturated carbocycles. The summed E-state index contributed by atoms with van der Waals surface area (Å²) in [6.07, 6.45) is 0.944. The average molecular weight is 208 g/mol. The van der Waals surface area contributed by atoms with Gasteiger partial charge in [-0.3, -0.25) is 0 Å². The molecule has 3 nitrogen and oxygen atoms in total. The minimum atomic E-state index is 0.0782. The number of methoxy groups -OCH3 is 1. The molecular formula is C12H16O3. The Bertz CT molecular complexity index is 360. The van der Waals surface area contributed by atoms with Crippen LogP contribution in [-0.4, -0.2) is 25.4 Å². The number of rotatable bonds is 3. The van der Waals surface area contributed by atoms with Gasteiger partial charge in [0.05, 0.1) is 13.7 Å². The van der Waals surface area contributed by atoms with Gasteiger partial charge in [-0.15, -0.1) is 0 Å². The Kier molecular flexibility index (Phi) is 2.82. The Morgan fingerprint density at radius 2 is 2.33 bits per heavy atom. The van der Waals surface area contributed by atoms with Gasteiger partial charge in [-0.05, 0) is 12.1 Å². The van der Waals surface area contributed by atoms with Crippen molar-refractivity contribution in [2.75, 3.05) is 20.3 Å². The van der Waals surface area contributed by atoms with E-state index >= 15 is 0 Å². The lowest BCUT2D eigenvalue weighted by atomic mass is 9.98. The van der Waals surface area contributed by atoms with Crippen molar-refractivity contribution in [1.82, 2.24) is 0 Å². The number of ether oxygens (including phenoxy) is 2. The molecule has 1 aliphatic heterocycles. The molecular weight excluding hydrogens is 192 g/mol. The molecule has 0 spiro atoms. The first-order valence-electron chi connectivity index (χ1n) is 5.20. The van der Waals surface area contributed by atoms with E-state index in [1.165, 1.54) is 5.56 Å². The van der Waals surface area contributed by atoms with Crippen LogP contribution in [0.15, 0.2) is 12.1 Å². The highest BCUT2D eigenvalue weighted by atomic mass is 16.5. The van der Waals surface area contributed by atoms with Gasteiger partial charge in [-0.25, -0.2) is 0 Å². The second-order valence-electron chi connectivity index (χ2n) is 3.88. The molecule has 1 N–H and O–H groups in total. The highest BCUT2D eigenvalue weighted by Gasteiger charge is 2.19. The van der Waals surface area contributed by atoms with Crippen molar-refractivity contribution in [3.8, 4) is 11.5 Å². The maximum Gasteiger partial charge on any atom is 0.123 e. The predicted octanol–water partition coefficient (Wildman–Crippen LogP) is 1.73. The smallest absolute Gasteiger partial charge is 0.123 e. The van der Waals surface area contributed by atoms with Crippen LogP contribution < -0.4 is 9.47 Å². The van der Waals surface area contributed by atoms with Crippen molar-refractivity contribution in [2.45, 2.75) is 19.3 Å². The molecule has 3 heteroatoms. The molecule has 1 aliphatic rings. The summed E-state index contributed by atoms with van der Waals surface area (Å²) in [6.45, 7) is 2.84. The zero-order valence-electron chi connectivity index (χ0n) is 9.12. The number of hydrogen-bond acceptors (Lipinski definition) is 3. The Hall–Kier alpha value is -1.22. The van der Waals surface area contributed by atoms with Crippen LogP contribution in [0.3, 0.4) is 0 Å². The van der Waals surface area contributed by atoms with E-state index in [1.807, 2.05) is 19.1 Å². The number of hydrogen-bond donors (Lipinski definition) is 1. The molecule has 1 heterocycles. The van der Waals surface area contributed by atoms with Crippen LogP contribution in [0.5, 0.6) is 11.5 Å². The lowest BCUT2D eigenvalue weighted by molar-refractivity contribution is 0.269. The summed E-state index contributed by atoms with van der Waals surface area (Å²) >= 11 is 0. The minimum absolute atomic E-state index is 0.0782. The molecule has 0 saturated heterocycles. The van der Waals surface area contributed by atoms with E-state index in [-0.39, 0.29) is 12.5 Å². The first kappa shape index (κ1) is 10.3. The van der Waals surface area contributed by atoms with Crippen LogP contribution in [0.25, 0.3) is 0 Å². The van der Waals surface area contributed by atoms with Crippen LogP contribution in [0.1, 0.15) is 24.0 Å². The highest BCUT2D eigenvalue weighted by Crippen LogP contribution is 2.36. The maximum absolute atomic E-state index is 9.16. The molecule has 0 aromatic heterocycles. The van der Waals surface area contributed by atoms with Gasteiger partial charge in [0, 0.05) is 30.1 Å². The normalized spacial score (nSPS) is 15.7. The summed E-state index contributed by atoms with van der Waals surface area (Å²) in [5.74, 6) is 1.86. The Balaban J connectivity index is 2.44. The fraction of sp³-hybridized carbons (Fsp3) is 0.500. The zero-order valence-corrected chi connectivity index (χ0v) is 9.12. The van der Waals surface area contributed by atoms with Crippen molar-refractivity contribution in [3.05, 3.63) is 23.3 Å². The number of aliphatic hydroxyl groups excluding tert-OH is 1. The Morgan fingerprint density at radius 1 is 1.53 bits per heavy atom. The number of fused-ring (bicyclic) bond motifs is 1. The molecule has 1 aromatic carbocycles. The minimum Gasteiger partial charge on any atom is -0.496 e. The van der Waals surface area contributed by atoms with Gasteiger partial charge >= 0.3 is 0 Å². The fourth-order valence-electron chi connectivity index (χ4n) is 1.88. The summed E-state index contributed by atoms with van der Waals surface area (Å²) in [7, 11) is 1.66. The van der Waals surface area contributed by atoms with Gasteiger partial charge in [-0.1, -0.05) is 6.92 Å². The molecule has 15 heavy (non-hydrogen) atoms. The van der Waals surface area contributed by atoms with Crippen LogP contribution >= 0.6 is 0 Å². The number of aliphatic hydroxyl groups is 1. The van der Waals surface area contributed by atoms with E-state index in [0.717, 1.165) is 30.1 Å². The molecule has 0 fully saturated rings. The van der Waals surface area contributed by atoms with Gasteiger partial charge in [-0.2, -0.15) is 0 Å². The molecule has 2 rings (SSSR count). The summed E-state index contributed by atoms with van der Waals surface area (Å²) in [5, 5.41) is 9.16. The van der Waals surface area contributed by atoms with E-state index in [1.54, 1.807) is 7.11 Å². The summed E-state index contributed by atoms with van der Waals surface area (Å²) in [4.78, 5) is 0. The van der Waals surface area contributed by atoms with E-state index in [4.69, 9.17) is 14.6 Å². The molecule has 0 aliphatic carbocycles. The molecule has 0 amide bonds. The molecule has 1 aromatic rings. The molecule has 1 unspecified atom stereocenters. The van der Waals surface area contributed by atoms with Crippen molar-refractivity contribution in [1.29, 1.82) is 0 Å². The van der Waals surface area contributed by atoms with Crippen LogP contribution in [0.4, 0.5) is 0 Å². The zero-order chi connectivity index (χ0) is 10.8. The van der Waals surface area contributed by atoms with Crippen molar-refractivity contribution in [3.63, 3.8) is 0 Å². The monoisotopic (exact) mass is 208 g/mol. The SMILES string of the molecule is COc1cc2c(cc1C(C)CO)OCC2. The summed E-state index contributed by atoms with van der Waals surface area (Å²) < 4.78 is 10.8. The van der Waals surface area contributed by atoms with Crippen LogP contribution in [0, 0.1) is 0 Å². The largest absolute Gasteiger partial charge is 0.496 e. The van der Waals surface area contributed by atoms with Crippen molar-refractivity contribution >= 4 is 0 Å². The molecule has 0 bridgehead atoms. The third kappa shape index (κ3) is 1.79. The first-order chi connectivity index (χ1) is 7.26. The maximum atomic E-state index is 9.16. The van der Waals surface area contributed by atoms with Crippen LogP contribution in [-0.2, 0) is 6.42 Å². The molecule has 82 valence electrons. The topological polar surface area (TPSA) is 38.7 Å². The lowest BCUT2D eigenvalue weighted by Gasteiger charge is -2.14. The van der Waals surface area contributed by atoms with E-state index in [9.17, 15) is 0 Å². The first-order valence-corrected chi connectivity index (χ1v) is 5.20. The van der Waals surface area contributed by atoms with Gasteiger partial charge in [0.25, 0.3) is 0 Å². The Morgan fingerprint density at radius 3 is 3.00 bits per heavy atom.